The van der Waals surface area contributed by atoms with Gasteiger partial charge in [0, 0.05) is 0 Å². The molecule has 0 spiro atoms. The first kappa shape index (κ1) is 10.4. The van der Waals surface area contributed by atoms with E-state index in [9.17, 15) is 4.79 Å². The number of hydrogen-bond acceptors (Lipinski definition) is 4. The van der Waals surface area contributed by atoms with E-state index < -0.39 is 0 Å². The molecule has 0 saturated carbocycles. The topological polar surface area (TPSA) is 64.3 Å². The maximum absolute atomic E-state index is 10.9. The molecule has 4 nitrogen and oxygen atoms in total. The van der Waals surface area contributed by atoms with E-state index in [2.05, 4.69) is 17.1 Å². The zero-order valence-electron chi connectivity index (χ0n) is 7.09. The first-order chi connectivity index (χ1) is 5.26. The van der Waals surface area contributed by atoms with Crippen LogP contribution in [0.15, 0.2) is 0 Å². The van der Waals surface area contributed by atoms with Crippen molar-refractivity contribution in [3.8, 4) is 0 Å². The van der Waals surface area contributed by atoms with Crippen LogP contribution in [0, 0.1) is 0 Å². The van der Waals surface area contributed by atoms with Crippen molar-refractivity contribution < 1.29 is 9.53 Å². The summed E-state index contributed by atoms with van der Waals surface area (Å²) in [5.41, 5.74) is 2.41. The minimum absolute atomic E-state index is 0.291. The quantitative estimate of drug-likeness (QED) is 0.342. The summed E-state index contributed by atoms with van der Waals surface area (Å²) >= 11 is 0. The number of methoxy groups -OCH3 is 1. The number of unbranched alkanes of at least 4 members (excludes halogenated alkanes) is 1. The van der Waals surface area contributed by atoms with Crippen LogP contribution in [0.3, 0.4) is 0 Å². The van der Waals surface area contributed by atoms with E-state index in [4.69, 9.17) is 5.84 Å². The summed E-state index contributed by atoms with van der Waals surface area (Å²) in [5.74, 6) is 4.85. The number of carbonyl (C=O) groups excluding carboxylic acids is 1. The average molecular weight is 160 g/mol. The van der Waals surface area contributed by atoms with E-state index in [1.807, 2.05) is 0 Å². The van der Waals surface area contributed by atoms with Crippen LogP contribution in [0.25, 0.3) is 0 Å². The van der Waals surface area contributed by atoms with E-state index in [-0.39, 0.29) is 12.0 Å². The Bertz CT molecular complexity index is 117. The molecule has 66 valence electrons. The molecule has 0 aromatic carbocycles. The fraction of sp³-hybridized carbons (Fsp3) is 0.857. The Morgan fingerprint density at radius 2 is 2.36 bits per heavy atom. The second kappa shape index (κ2) is 6.12. The van der Waals surface area contributed by atoms with Crippen LogP contribution < -0.4 is 11.3 Å². The van der Waals surface area contributed by atoms with Gasteiger partial charge >= 0.3 is 5.97 Å². The second-order valence-electron chi connectivity index (χ2n) is 2.38. The van der Waals surface area contributed by atoms with Crippen molar-refractivity contribution in [3.63, 3.8) is 0 Å². The molecule has 0 aliphatic heterocycles. The lowest BCUT2D eigenvalue weighted by molar-refractivity contribution is -0.143. The van der Waals surface area contributed by atoms with Crippen LogP contribution in [-0.4, -0.2) is 19.1 Å². The van der Waals surface area contributed by atoms with Gasteiger partial charge in [-0.2, -0.15) is 0 Å². The van der Waals surface area contributed by atoms with E-state index in [0.29, 0.717) is 0 Å². The molecule has 0 bridgehead atoms. The van der Waals surface area contributed by atoms with Crippen LogP contribution in [-0.2, 0) is 9.53 Å². The summed E-state index contributed by atoms with van der Waals surface area (Å²) in [4.78, 5) is 10.9. The van der Waals surface area contributed by atoms with Gasteiger partial charge in [-0.25, -0.2) is 5.43 Å². The Balaban J connectivity index is 3.65. The van der Waals surface area contributed by atoms with Crippen molar-refractivity contribution in [1.29, 1.82) is 0 Å². The highest BCUT2D eigenvalue weighted by atomic mass is 16.5. The fourth-order valence-corrected chi connectivity index (χ4v) is 0.820. The van der Waals surface area contributed by atoms with Crippen molar-refractivity contribution in [1.82, 2.24) is 5.43 Å². The molecule has 0 aliphatic carbocycles. The maximum Gasteiger partial charge on any atom is 0.324 e. The fourth-order valence-electron chi connectivity index (χ4n) is 0.820. The Morgan fingerprint density at radius 1 is 1.73 bits per heavy atom. The highest BCUT2D eigenvalue weighted by Crippen LogP contribution is 2.00. The molecule has 11 heavy (non-hydrogen) atoms. The van der Waals surface area contributed by atoms with Gasteiger partial charge < -0.3 is 4.74 Å². The number of hydrazine groups is 1. The molecule has 0 amide bonds. The van der Waals surface area contributed by atoms with Gasteiger partial charge in [0.2, 0.25) is 0 Å². The molecule has 0 aliphatic rings. The van der Waals surface area contributed by atoms with Crippen molar-refractivity contribution in [2.45, 2.75) is 32.2 Å². The molecule has 0 aromatic heterocycles. The maximum atomic E-state index is 10.9. The van der Waals surface area contributed by atoms with E-state index in [1.54, 1.807) is 0 Å². The number of ether oxygens (including phenoxy) is 1. The summed E-state index contributed by atoms with van der Waals surface area (Å²) in [6.07, 6.45) is 2.76. The van der Waals surface area contributed by atoms with Crippen LogP contribution in [0.4, 0.5) is 0 Å². The van der Waals surface area contributed by atoms with Gasteiger partial charge in [0.1, 0.15) is 6.04 Å². The monoisotopic (exact) mass is 160 g/mol. The first-order valence-corrected chi connectivity index (χ1v) is 3.80. The Kier molecular flexibility index (Phi) is 5.78. The third-order valence-corrected chi connectivity index (χ3v) is 1.53. The van der Waals surface area contributed by atoms with E-state index >= 15 is 0 Å². The minimum atomic E-state index is -0.347. The van der Waals surface area contributed by atoms with Gasteiger partial charge in [0.15, 0.2) is 0 Å². The van der Waals surface area contributed by atoms with E-state index in [0.717, 1.165) is 19.3 Å². The van der Waals surface area contributed by atoms with Gasteiger partial charge in [-0.15, -0.1) is 0 Å². The van der Waals surface area contributed by atoms with Crippen molar-refractivity contribution >= 4 is 5.97 Å². The lowest BCUT2D eigenvalue weighted by Gasteiger charge is -2.11. The largest absolute Gasteiger partial charge is 0.468 e. The summed E-state index contributed by atoms with van der Waals surface area (Å²) in [7, 11) is 1.36. The molecule has 0 fully saturated rings. The normalized spacial score (nSPS) is 12.6. The molecule has 0 heterocycles. The van der Waals surface area contributed by atoms with Crippen LogP contribution in [0.1, 0.15) is 26.2 Å². The van der Waals surface area contributed by atoms with Crippen molar-refractivity contribution in [3.05, 3.63) is 0 Å². The van der Waals surface area contributed by atoms with Gasteiger partial charge in [-0.3, -0.25) is 10.6 Å². The SMILES string of the molecule is CCCCC(NN)C(=O)OC. The van der Waals surface area contributed by atoms with Crippen LogP contribution in [0.2, 0.25) is 0 Å². The molecule has 3 N–H and O–H groups in total. The summed E-state index contributed by atoms with van der Waals surface area (Å²) in [5, 5.41) is 0. The van der Waals surface area contributed by atoms with Crippen LogP contribution >= 0.6 is 0 Å². The lowest BCUT2D eigenvalue weighted by Crippen LogP contribution is -2.41. The molecule has 1 unspecified atom stereocenters. The van der Waals surface area contributed by atoms with Crippen LogP contribution in [0.5, 0.6) is 0 Å². The first-order valence-electron chi connectivity index (χ1n) is 3.80. The molecular weight excluding hydrogens is 144 g/mol. The molecular formula is C7H16N2O2. The van der Waals surface area contributed by atoms with Crippen molar-refractivity contribution in [2.24, 2.45) is 5.84 Å². The Morgan fingerprint density at radius 3 is 2.73 bits per heavy atom. The number of esters is 1. The second-order valence-corrected chi connectivity index (χ2v) is 2.38. The number of rotatable bonds is 5. The summed E-state index contributed by atoms with van der Waals surface area (Å²) < 4.78 is 4.52. The predicted molar refractivity (Wildman–Crippen MR) is 42.7 cm³/mol. The molecule has 1 atom stereocenters. The van der Waals surface area contributed by atoms with Gasteiger partial charge in [-0.05, 0) is 6.42 Å². The number of nitrogens with one attached hydrogen (secondary N) is 1. The molecule has 0 aromatic rings. The highest BCUT2D eigenvalue weighted by molar-refractivity contribution is 5.75. The standard InChI is InChI=1S/C7H16N2O2/c1-3-4-5-6(9-8)7(10)11-2/h6,9H,3-5,8H2,1-2H3. The van der Waals surface area contributed by atoms with E-state index in [1.165, 1.54) is 7.11 Å². The predicted octanol–water partition coefficient (Wildman–Crippen LogP) is 0.182. The lowest BCUT2D eigenvalue weighted by atomic mass is 10.1. The minimum Gasteiger partial charge on any atom is -0.468 e. The number of hydrogen-bond donors (Lipinski definition) is 2. The molecule has 0 saturated heterocycles. The average Bonchev–Trinajstić information content (AvgIpc) is 2.05. The van der Waals surface area contributed by atoms with Gasteiger partial charge in [0.25, 0.3) is 0 Å². The summed E-state index contributed by atoms with van der Waals surface area (Å²) in [6, 6.07) is -0.347. The third kappa shape index (κ3) is 3.95. The Labute approximate surface area is 67.1 Å². The number of nitrogens with two attached hydrogens (primary N) is 1. The third-order valence-electron chi connectivity index (χ3n) is 1.53. The van der Waals surface area contributed by atoms with Gasteiger partial charge in [0.05, 0.1) is 7.11 Å². The molecule has 0 rings (SSSR count). The zero-order chi connectivity index (χ0) is 8.69. The Hall–Kier alpha value is -0.610. The van der Waals surface area contributed by atoms with Crippen molar-refractivity contribution in [2.75, 3.05) is 7.11 Å². The molecule has 4 heteroatoms. The summed E-state index contributed by atoms with van der Waals surface area (Å²) in [6.45, 7) is 2.06. The number of carbonyl (C=O) groups is 1. The highest BCUT2D eigenvalue weighted by Gasteiger charge is 2.15. The molecule has 0 radical (unpaired) electrons. The smallest absolute Gasteiger partial charge is 0.324 e. The van der Waals surface area contributed by atoms with Gasteiger partial charge in [-0.1, -0.05) is 19.8 Å². The zero-order valence-corrected chi connectivity index (χ0v) is 7.09.